The van der Waals surface area contributed by atoms with E-state index in [0.29, 0.717) is 12.8 Å². The van der Waals surface area contributed by atoms with E-state index in [4.69, 9.17) is 0 Å². The second-order valence-corrected chi connectivity index (χ2v) is 6.94. The Labute approximate surface area is 153 Å². The van der Waals surface area contributed by atoms with Crippen LogP contribution in [-0.4, -0.2) is 38.4 Å². The highest BCUT2D eigenvalue weighted by molar-refractivity contribution is 5.92. The Morgan fingerprint density at radius 1 is 1.30 bits per heavy atom. The second-order valence-electron chi connectivity index (χ2n) is 6.94. The van der Waals surface area contributed by atoms with Crippen molar-refractivity contribution in [2.45, 2.75) is 38.4 Å². The monoisotopic (exact) mass is 379 g/mol. The van der Waals surface area contributed by atoms with Crippen molar-refractivity contribution >= 4 is 16.9 Å². The van der Waals surface area contributed by atoms with E-state index in [1.165, 1.54) is 0 Å². The molecule has 0 aromatic carbocycles. The van der Waals surface area contributed by atoms with Gasteiger partial charge in [-0.1, -0.05) is 0 Å². The number of nitrogens with one attached hydrogen (secondary N) is 2. The molecule has 3 rings (SSSR count). The van der Waals surface area contributed by atoms with E-state index in [1.54, 1.807) is 17.1 Å². The molecule has 0 atom stereocenters. The maximum Gasteiger partial charge on any atom is 0.471 e. The Bertz CT molecular complexity index is 942. The summed E-state index contributed by atoms with van der Waals surface area (Å²) in [7, 11) is 0. The van der Waals surface area contributed by atoms with E-state index in [1.807, 2.05) is 43.7 Å². The van der Waals surface area contributed by atoms with Gasteiger partial charge in [0.2, 0.25) is 0 Å². The molecule has 0 fully saturated rings. The molecule has 144 valence electrons. The summed E-state index contributed by atoms with van der Waals surface area (Å²) >= 11 is 0. The van der Waals surface area contributed by atoms with Crippen LogP contribution < -0.4 is 5.32 Å². The molecule has 0 saturated heterocycles. The number of nitrogens with zero attached hydrogens (tertiary/aromatic N) is 3. The molecule has 0 aliphatic heterocycles. The van der Waals surface area contributed by atoms with Gasteiger partial charge < -0.3 is 10.3 Å². The average Bonchev–Trinajstić information content (AvgIpc) is 3.26. The van der Waals surface area contributed by atoms with E-state index < -0.39 is 17.6 Å². The number of alkyl halides is 3. The first kappa shape index (κ1) is 18.9. The van der Waals surface area contributed by atoms with Crippen LogP contribution in [0, 0.1) is 0 Å². The Morgan fingerprint density at radius 3 is 2.81 bits per heavy atom. The standard InChI is InChI=1S/C18H20F3N5O/c1-17(2,6-3-7-24-16(27)18(19,20)21)26-11-12(10-25-26)13-4-8-22-15-14(13)5-9-23-15/h4-5,8-11H,3,6-7H2,1-2H3,(H,22,23)(H,24,27). The summed E-state index contributed by atoms with van der Waals surface area (Å²) < 4.78 is 38.4. The molecular formula is C18H20F3N5O. The largest absolute Gasteiger partial charge is 0.471 e. The lowest BCUT2D eigenvalue weighted by molar-refractivity contribution is -0.173. The summed E-state index contributed by atoms with van der Waals surface area (Å²) in [5.74, 6) is -1.91. The number of H-pyrrole nitrogens is 1. The van der Waals surface area contributed by atoms with Crippen LogP contribution in [0.4, 0.5) is 13.2 Å². The normalized spacial score (nSPS) is 12.5. The number of rotatable bonds is 6. The molecule has 0 aliphatic rings. The number of aromatic amines is 1. The van der Waals surface area contributed by atoms with Gasteiger partial charge in [-0.15, -0.1) is 0 Å². The summed E-state index contributed by atoms with van der Waals surface area (Å²) in [6.07, 6.45) is 3.33. The van der Waals surface area contributed by atoms with E-state index in [0.717, 1.165) is 22.2 Å². The van der Waals surface area contributed by atoms with Crippen molar-refractivity contribution in [1.82, 2.24) is 25.1 Å². The van der Waals surface area contributed by atoms with Gasteiger partial charge in [-0.2, -0.15) is 18.3 Å². The second kappa shape index (κ2) is 7.05. The topological polar surface area (TPSA) is 75.6 Å². The Morgan fingerprint density at radius 2 is 2.07 bits per heavy atom. The fourth-order valence-corrected chi connectivity index (χ4v) is 2.94. The smallest absolute Gasteiger partial charge is 0.348 e. The third kappa shape index (κ3) is 4.12. The van der Waals surface area contributed by atoms with Crippen LogP contribution in [0.3, 0.4) is 0 Å². The molecule has 0 bridgehead atoms. The maximum absolute atomic E-state index is 12.2. The van der Waals surface area contributed by atoms with Crippen molar-refractivity contribution in [2.75, 3.05) is 6.54 Å². The zero-order valence-electron chi connectivity index (χ0n) is 15.0. The van der Waals surface area contributed by atoms with Crippen LogP contribution in [0.2, 0.25) is 0 Å². The minimum absolute atomic E-state index is 0.0375. The fourth-order valence-electron chi connectivity index (χ4n) is 2.94. The summed E-state index contributed by atoms with van der Waals surface area (Å²) in [5.41, 5.74) is 2.31. The molecule has 3 aromatic rings. The highest BCUT2D eigenvalue weighted by Gasteiger charge is 2.38. The van der Waals surface area contributed by atoms with Gasteiger partial charge in [-0.3, -0.25) is 9.48 Å². The zero-order chi connectivity index (χ0) is 19.7. The minimum atomic E-state index is -4.85. The minimum Gasteiger partial charge on any atom is -0.348 e. The quantitative estimate of drug-likeness (QED) is 0.643. The van der Waals surface area contributed by atoms with Crippen LogP contribution in [0.1, 0.15) is 26.7 Å². The maximum atomic E-state index is 12.2. The summed E-state index contributed by atoms with van der Waals surface area (Å²) in [5, 5.41) is 7.31. The molecule has 0 radical (unpaired) electrons. The lowest BCUT2D eigenvalue weighted by Gasteiger charge is -2.25. The van der Waals surface area contributed by atoms with E-state index in [-0.39, 0.29) is 6.54 Å². The van der Waals surface area contributed by atoms with Gasteiger partial charge in [0.25, 0.3) is 0 Å². The van der Waals surface area contributed by atoms with Gasteiger partial charge >= 0.3 is 12.1 Å². The Hall–Kier alpha value is -2.84. The number of carbonyl (C=O) groups excluding carboxylic acids is 1. The number of halogens is 3. The summed E-state index contributed by atoms with van der Waals surface area (Å²) in [6.45, 7) is 3.87. The lowest BCUT2D eigenvalue weighted by atomic mass is 9.98. The third-order valence-corrected chi connectivity index (χ3v) is 4.48. The Kier molecular flexibility index (Phi) is 4.95. The molecule has 0 unspecified atom stereocenters. The van der Waals surface area contributed by atoms with Crippen molar-refractivity contribution in [3.8, 4) is 11.1 Å². The number of pyridine rings is 1. The van der Waals surface area contributed by atoms with Gasteiger partial charge in [0, 0.05) is 36.1 Å². The van der Waals surface area contributed by atoms with Gasteiger partial charge in [-0.25, -0.2) is 4.98 Å². The van der Waals surface area contributed by atoms with Crippen LogP contribution in [0.25, 0.3) is 22.2 Å². The highest BCUT2D eigenvalue weighted by atomic mass is 19.4. The summed E-state index contributed by atoms with van der Waals surface area (Å²) in [4.78, 5) is 18.2. The van der Waals surface area contributed by atoms with Crippen LogP contribution in [0.5, 0.6) is 0 Å². The van der Waals surface area contributed by atoms with Crippen LogP contribution in [-0.2, 0) is 10.3 Å². The predicted octanol–water partition coefficient (Wildman–Crippen LogP) is 3.62. The van der Waals surface area contributed by atoms with Gasteiger partial charge in [0.15, 0.2) is 0 Å². The SMILES string of the molecule is CC(C)(CCCNC(=O)C(F)(F)F)n1cc(-c2ccnc3[nH]ccc23)cn1. The molecule has 3 aromatic heterocycles. The van der Waals surface area contributed by atoms with Crippen molar-refractivity contribution in [3.63, 3.8) is 0 Å². The first-order valence-corrected chi connectivity index (χ1v) is 8.51. The summed E-state index contributed by atoms with van der Waals surface area (Å²) in [6, 6.07) is 3.86. The number of hydrogen-bond acceptors (Lipinski definition) is 3. The van der Waals surface area contributed by atoms with Crippen molar-refractivity contribution in [1.29, 1.82) is 0 Å². The zero-order valence-corrected chi connectivity index (χ0v) is 15.0. The molecule has 6 nitrogen and oxygen atoms in total. The molecule has 27 heavy (non-hydrogen) atoms. The van der Waals surface area contributed by atoms with Crippen LogP contribution in [0.15, 0.2) is 36.9 Å². The highest BCUT2D eigenvalue weighted by Crippen LogP contribution is 2.29. The first-order chi connectivity index (χ1) is 12.7. The molecule has 0 spiro atoms. The molecule has 0 saturated carbocycles. The van der Waals surface area contributed by atoms with Crippen molar-refractivity contribution < 1.29 is 18.0 Å². The molecule has 3 heterocycles. The van der Waals surface area contributed by atoms with Crippen LogP contribution >= 0.6 is 0 Å². The number of aromatic nitrogens is 4. The molecule has 0 aliphatic carbocycles. The van der Waals surface area contributed by atoms with Gasteiger partial charge in [0.05, 0.1) is 11.7 Å². The van der Waals surface area contributed by atoms with E-state index >= 15 is 0 Å². The van der Waals surface area contributed by atoms with Gasteiger partial charge in [-0.05, 0) is 44.4 Å². The number of hydrogen-bond donors (Lipinski definition) is 2. The number of fused-ring (bicyclic) bond motifs is 1. The molecule has 2 N–H and O–H groups in total. The predicted molar refractivity (Wildman–Crippen MR) is 94.9 cm³/mol. The Balaban J connectivity index is 1.66. The lowest BCUT2D eigenvalue weighted by Crippen LogP contribution is -2.38. The first-order valence-electron chi connectivity index (χ1n) is 8.51. The molecular weight excluding hydrogens is 359 g/mol. The molecule has 1 amide bonds. The van der Waals surface area contributed by atoms with Gasteiger partial charge in [0.1, 0.15) is 5.65 Å². The van der Waals surface area contributed by atoms with E-state index in [2.05, 4.69) is 15.1 Å². The fraction of sp³-hybridized carbons (Fsp3) is 0.389. The van der Waals surface area contributed by atoms with Crippen molar-refractivity contribution in [2.24, 2.45) is 0 Å². The van der Waals surface area contributed by atoms with Crippen molar-refractivity contribution in [3.05, 3.63) is 36.9 Å². The number of amides is 1. The third-order valence-electron chi connectivity index (χ3n) is 4.48. The molecule has 9 heteroatoms. The van der Waals surface area contributed by atoms with E-state index in [9.17, 15) is 18.0 Å². The number of carbonyl (C=O) groups is 1. The average molecular weight is 379 g/mol.